The normalized spacial score (nSPS) is 13.7. The van der Waals surface area contributed by atoms with Gasteiger partial charge in [-0.1, -0.05) is 91.8 Å². The Labute approximate surface area is 215 Å². The summed E-state index contributed by atoms with van der Waals surface area (Å²) < 4.78 is 0. The number of nitrogens with zero attached hydrogens (tertiary/aromatic N) is 2. The molecule has 0 saturated heterocycles. The van der Waals surface area contributed by atoms with Crippen LogP contribution in [-0.4, -0.2) is 0 Å². The highest BCUT2D eigenvalue weighted by atomic mass is 15.3. The minimum absolute atomic E-state index is 0.409. The van der Waals surface area contributed by atoms with Crippen LogP contribution in [0.5, 0.6) is 0 Å². The summed E-state index contributed by atoms with van der Waals surface area (Å²) in [6, 6.07) is 9.42. The fraction of sp³-hybridized carbons (Fsp3) is 0.424. The molecule has 186 valence electrons. The van der Waals surface area contributed by atoms with Crippen LogP contribution in [0.1, 0.15) is 112 Å². The molecule has 0 aromatic heterocycles. The number of hydrogen-bond acceptors (Lipinski definition) is 2. The highest BCUT2D eigenvalue weighted by Gasteiger charge is 2.28. The van der Waals surface area contributed by atoms with Crippen LogP contribution in [-0.2, 0) is 12.8 Å². The second-order valence-electron chi connectivity index (χ2n) is 11.0. The van der Waals surface area contributed by atoms with Gasteiger partial charge in [-0.3, -0.25) is 0 Å². The number of benzene rings is 2. The average Bonchev–Trinajstić information content (AvgIpc) is 3.27. The molecule has 1 aliphatic heterocycles. The minimum Gasteiger partial charge on any atom is -0.315 e. The van der Waals surface area contributed by atoms with Crippen molar-refractivity contribution in [3.05, 3.63) is 102 Å². The van der Waals surface area contributed by atoms with Gasteiger partial charge in [0.1, 0.15) is 0 Å². The van der Waals surface area contributed by atoms with Crippen LogP contribution < -0.4 is 9.80 Å². The zero-order chi connectivity index (χ0) is 25.9. The van der Waals surface area contributed by atoms with E-state index >= 15 is 0 Å². The largest absolute Gasteiger partial charge is 0.315 e. The van der Waals surface area contributed by atoms with Gasteiger partial charge < -0.3 is 9.80 Å². The van der Waals surface area contributed by atoms with E-state index in [1.807, 2.05) is 12.2 Å². The SMILES string of the molecule is C=CCc1cc(C(C)C)c(N2[C]N(c3c(C(C)C)cc(CC=C)cc3C(C)C)C=C2)c(C(C)C)c1. The number of rotatable bonds is 10. The predicted molar refractivity (Wildman–Crippen MR) is 154 cm³/mol. The fourth-order valence-electron chi connectivity index (χ4n) is 4.94. The third-order valence-corrected chi connectivity index (χ3v) is 6.77. The van der Waals surface area contributed by atoms with Crippen LogP contribution in [0.4, 0.5) is 11.4 Å². The van der Waals surface area contributed by atoms with Crippen molar-refractivity contribution in [3.8, 4) is 0 Å². The monoisotopic (exact) mass is 468 g/mol. The van der Waals surface area contributed by atoms with Gasteiger partial charge in [-0.2, -0.15) is 0 Å². The first-order valence-electron chi connectivity index (χ1n) is 13.2. The lowest BCUT2D eigenvalue weighted by Gasteiger charge is -2.30. The molecule has 0 aliphatic carbocycles. The van der Waals surface area contributed by atoms with Crippen molar-refractivity contribution in [1.82, 2.24) is 0 Å². The van der Waals surface area contributed by atoms with E-state index in [1.54, 1.807) is 0 Å². The van der Waals surface area contributed by atoms with Gasteiger partial charge in [0.15, 0.2) is 0 Å². The lowest BCUT2D eigenvalue weighted by Crippen LogP contribution is -2.23. The van der Waals surface area contributed by atoms with E-state index in [-0.39, 0.29) is 0 Å². The van der Waals surface area contributed by atoms with Gasteiger partial charge in [-0.15, -0.1) is 13.2 Å². The second kappa shape index (κ2) is 11.3. The molecule has 2 heteroatoms. The zero-order valence-corrected chi connectivity index (χ0v) is 23.2. The molecular weight excluding hydrogens is 424 g/mol. The predicted octanol–water partition coefficient (Wildman–Crippen LogP) is 9.43. The van der Waals surface area contributed by atoms with Gasteiger partial charge in [0.25, 0.3) is 0 Å². The first-order valence-corrected chi connectivity index (χ1v) is 13.2. The molecule has 0 saturated carbocycles. The van der Waals surface area contributed by atoms with E-state index in [0.29, 0.717) is 23.7 Å². The van der Waals surface area contributed by atoms with Crippen molar-refractivity contribution in [1.29, 1.82) is 0 Å². The van der Waals surface area contributed by atoms with Crippen molar-refractivity contribution >= 4 is 11.4 Å². The van der Waals surface area contributed by atoms with Crippen LogP contribution in [0.15, 0.2) is 62.0 Å². The average molecular weight is 469 g/mol. The zero-order valence-electron chi connectivity index (χ0n) is 23.2. The Bertz CT molecular complexity index is 941. The molecular formula is C33H44N2. The Morgan fingerprint density at radius 3 is 1.11 bits per heavy atom. The van der Waals surface area contributed by atoms with Crippen LogP contribution >= 0.6 is 0 Å². The van der Waals surface area contributed by atoms with Crippen LogP contribution in [0.3, 0.4) is 0 Å². The Morgan fingerprint density at radius 1 is 0.600 bits per heavy atom. The second-order valence-corrected chi connectivity index (χ2v) is 11.0. The van der Waals surface area contributed by atoms with Gasteiger partial charge in [0.2, 0.25) is 6.67 Å². The summed E-state index contributed by atoms with van der Waals surface area (Å²) in [5.74, 6) is 1.64. The maximum absolute atomic E-state index is 3.96. The quantitative estimate of drug-likeness (QED) is 0.320. The Hall–Kier alpha value is -2.74. The highest BCUT2D eigenvalue weighted by molar-refractivity contribution is 5.73. The van der Waals surface area contributed by atoms with Crippen molar-refractivity contribution in [2.45, 2.75) is 91.9 Å². The maximum atomic E-state index is 3.96. The van der Waals surface area contributed by atoms with E-state index in [1.165, 1.54) is 44.8 Å². The molecule has 2 radical (unpaired) electrons. The molecule has 0 N–H and O–H groups in total. The van der Waals surface area contributed by atoms with E-state index in [2.05, 4.69) is 122 Å². The van der Waals surface area contributed by atoms with E-state index < -0.39 is 0 Å². The van der Waals surface area contributed by atoms with Crippen LogP contribution in [0, 0.1) is 6.67 Å². The standard InChI is InChI=1S/C33H44N2/c1-11-13-26-17-28(22(3)4)32(29(18-26)23(5)6)34-15-16-35(21-34)33-30(24(7)8)19-27(14-12-2)20-31(33)25(9)10/h11-12,15-20,22-25H,1-2,13-14H2,3-10H3. The molecule has 0 bridgehead atoms. The Morgan fingerprint density at radius 2 is 0.886 bits per heavy atom. The number of allylic oxidation sites excluding steroid dienone is 2. The highest BCUT2D eigenvalue weighted by Crippen LogP contribution is 2.43. The summed E-state index contributed by atoms with van der Waals surface area (Å²) in [7, 11) is 0. The third-order valence-electron chi connectivity index (χ3n) is 6.77. The fourth-order valence-corrected chi connectivity index (χ4v) is 4.94. The van der Waals surface area contributed by atoms with Crippen LogP contribution in [0.25, 0.3) is 0 Å². The summed E-state index contributed by atoms with van der Waals surface area (Å²) in [6.45, 7) is 29.9. The topological polar surface area (TPSA) is 6.48 Å². The summed E-state index contributed by atoms with van der Waals surface area (Å²) in [6.07, 6.45) is 10.1. The van der Waals surface area contributed by atoms with Gasteiger partial charge in [-0.05, 0) is 69.9 Å². The summed E-state index contributed by atoms with van der Waals surface area (Å²) >= 11 is 0. The molecule has 35 heavy (non-hydrogen) atoms. The molecule has 0 unspecified atom stereocenters. The maximum Gasteiger partial charge on any atom is 0.217 e. The summed E-state index contributed by atoms with van der Waals surface area (Å²) in [5, 5.41) is 0. The summed E-state index contributed by atoms with van der Waals surface area (Å²) in [4.78, 5) is 4.43. The minimum atomic E-state index is 0.409. The molecule has 2 aromatic rings. The Balaban J connectivity index is 2.11. The summed E-state index contributed by atoms with van der Waals surface area (Å²) in [5.41, 5.74) is 10.6. The molecule has 1 heterocycles. The molecule has 0 atom stereocenters. The molecule has 0 amide bonds. The molecule has 2 nitrogen and oxygen atoms in total. The van der Waals surface area contributed by atoms with Crippen LogP contribution in [0.2, 0.25) is 0 Å². The molecule has 3 rings (SSSR count). The Kier molecular flexibility index (Phi) is 8.70. The van der Waals surface area contributed by atoms with Crippen molar-refractivity contribution in [2.75, 3.05) is 9.80 Å². The first kappa shape index (κ1) is 26.9. The molecule has 1 aliphatic rings. The lowest BCUT2D eigenvalue weighted by atomic mass is 9.88. The van der Waals surface area contributed by atoms with Crippen molar-refractivity contribution in [2.24, 2.45) is 0 Å². The van der Waals surface area contributed by atoms with Gasteiger partial charge in [-0.25, -0.2) is 0 Å². The molecule has 0 spiro atoms. The van der Waals surface area contributed by atoms with Gasteiger partial charge in [0, 0.05) is 12.4 Å². The lowest BCUT2D eigenvalue weighted by molar-refractivity contribution is 0.814. The smallest absolute Gasteiger partial charge is 0.217 e. The third kappa shape index (κ3) is 5.74. The van der Waals surface area contributed by atoms with E-state index in [9.17, 15) is 0 Å². The van der Waals surface area contributed by atoms with E-state index in [0.717, 1.165) is 12.8 Å². The number of hydrogen-bond donors (Lipinski definition) is 0. The van der Waals surface area contributed by atoms with Crippen molar-refractivity contribution < 1.29 is 0 Å². The van der Waals surface area contributed by atoms with E-state index in [4.69, 9.17) is 0 Å². The van der Waals surface area contributed by atoms with Gasteiger partial charge >= 0.3 is 0 Å². The van der Waals surface area contributed by atoms with Gasteiger partial charge in [0.05, 0.1) is 11.4 Å². The first-order chi connectivity index (χ1) is 16.6. The number of anilines is 2. The molecule has 0 fully saturated rings. The molecule has 2 aromatic carbocycles. The van der Waals surface area contributed by atoms with Crippen molar-refractivity contribution in [3.63, 3.8) is 0 Å².